The number of hydrogen-bond donors (Lipinski definition) is 1. The Bertz CT molecular complexity index is 818. The van der Waals surface area contributed by atoms with Gasteiger partial charge in [0.15, 0.2) is 5.76 Å². The van der Waals surface area contributed by atoms with Crippen molar-refractivity contribution in [3.63, 3.8) is 0 Å². The third kappa shape index (κ3) is 3.65. The van der Waals surface area contributed by atoms with E-state index in [1.807, 2.05) is 54.6 Å². The molecule has 3 rings (SSSR count). The second-order valence-electron chi connectivity index (χ2n) is 5.39. The summed E-state index contributed by atoms with van der Waals surface area (Å²) in [5, 5.41) is 16.5. The van der Waals surface area contributed by atoms with E-state index in [9.17, 15) is 0 Å². The van der Waals surface area contributed by atoms with Crippen LogP contribution in [0.2, 0.25) is 0 Å². The molecule has 0 aliphatic carbocycles. The summed E-state index contributed by atoms with van der Waals surface area (Å²) in [6.45, 7) is 2.67. The molecule has 0 unspecified atom stereocenters. The van der Waals surface area contributed by atoms with Gasteiger partial charge < -0.3 is 9.84 Å². The minimum Gasteiger partial charge on any atom is -0.356 e. The SMILES string of the molecule is C[C@H](NCc1cc(-c2ccccc2)on1)c1cccc(C#N)c1. The van der Waals surface area contributed by atoms with Crippen molar-refractivity contribution in [2.45, 2.75) is 19.5 Å². The Morgan fingerprint density at radius 1 is 1.13 bits per heavy atom. The van der Waals surface area contributed by atoms with Gasteiger partial charge in [-0.25, -0.2) is 0 Å². The summed E-state index contributed by atoms with van der Waals surface area (Å²) in [6.07, 6.45) is 0. The topological polar surface area (TPSA) is 61.9 Å². The maximum Gasteiger partial charge on any atom is 0.167 e. The number of nitrogens with zero attached hydrogens (tertiary/aromatic N) is 2. The van der Waals surface area contributed by atoms with Crippen molar-refractivity contribution >= 4 is 0 Å². The van der Waals surface area contributed by atoms with Gasteiger partial charge in [-0.2, -0.15) is 5.26 Å². The summed E-state index contributed by atoms with van der Waals surface area (Å²) >= 11 is 0. The van der Waals surface area contributed by atoms with Crippen molar-refractivity contribution in [2.75, 3.05) is 0 Å². The molecule has 0 amide bonds. The number of aromatic nitrogens is 1. The van der Waals surface area contributed by atoms with Gasteiger partial charge in [0.1, 0.15) is 0 Å². The van der Waals surface area contributed by atoms with Crippen molar-refractivity contribution in [3.05, 3.63) is 77.5 Å². The number of hydrogen-bond acceptors (Lipinski definition) is 4. The third-order valence-electron chi connectivity index (χ3n) is 3.72. The van der Waals surface area contributed by atoms with E-state index in [1.165, 1.54) is 0 Å². The highest BCUT2D eigenvalue weighted by molar-refractivity contribution is 5.56. The molecule has 1 aromatic heterocycles. The van der Waals surface area contributed by atoms with Crippen LogP contribution in [0, 0.1) is 11.3 Å². The molecule has 0 saturated heterocycles. The van der Waals surface area contributed by atoms with Crippen molar-refractivity contribution in [1.82, 2.24) is 10.5 Å². The van der Waals surface area contributed by atoms with E-state index in [4.69, 9.17) is 9.78 Å². The predicted octanol–water partition coefficient (Wildman–Crippen LogP) is 4.06. The molecular formula is C19H17N3O. The second kappa shape index (κ2) is 6.91. The molecule has 0 bridgehead atoms. The smallest absolute Gasteiger partial charge is 0.167 e. The summed E-state index contributed by atoms with van der Waals surface area (Å²) < 4.78 is 5.39. The van der Waals surface area contributed by atoms with Gasteiger partial charge in [-0.1, -0.05) is 47.6 Å². The number of rotatable bonds is 5. The molecule has 0 aliphatic heterocycles. The van der Waals surface area contributed by atoms with Crippen LogP contribution in [-0.2, 0) is 6.54 Å². The van der Waals surface area contributed by atoms with Gasteiger partial charge in [-0.05, 0) is 24.6 Å². The van der Waals surface area contributed by atoms with E-state index in [0.717, 1.165) is 22.6 Å². The summed E-state index contributed by atoms with van der Waals surface area (Å²) in [5.74, 6) is 0.765. The van der Waals surface area contributed by atoms with E-state index >= 15 is 0 Å². The third-order valence-corrected chi connectivity index (χ3v) is 3.72. The van der Waals surface area contributed by atoms with E-state index in [2.05, 4.69) is 23.5 Å². The van der Waals surface area contributed by atoms with Gasteiger partial charge >= 0.3 is 0 Å². The summed E-state index contributed by atoms with van der Waals surface area (Å²) in [4.78, 5) is 0. The first-order valence-electron chi connectivity index (χ1n) is 7.51. The Labute approximate surface area is 135 Å². The highest BCUT2D eigenvalue weighted by Gasteiger charge is 2.09. The Morgan fingerprint density at radius 3 is 2.74 bits per heavy atom. The lowest BCUT2D eigenvalue weighted by Gasteiger charge is -2.13. The largest absolute Gasteiger partial charge is 0.356 e. The highest BCUT2D eigenvalue weighted by atomic mass is 16.5. The number of nitrogens with one attached hydrogen (secondary N) is 1. The first kappa shape index (κ1) is 15.0. The first-order valence-corrected chi connectivity index (χ1v) is 7.51. The molecule has 1 atom stereocenters. The van der Waals surface area contributed by atoms with Crippen LogP contribution in [0.4, 0.5) is 0 Å². The quantitative estimate of drug-likeness (QED) is 0.772. The van der Waals surface area contributed by atoms with Crippen LogP contribution < -0.4 is 5.32 Å². The normalized spacial score (nSPS) is 11.8. The van der Waals surface area contributed by atoms with Gasteiger partial charge in [0.2, 0.25) is 0 Å². The molecule has 4 nitrogen and oxygen atoms in total. The molecule has 0 radical (unpaired) electrons. The van der Waals surface area contributed by atoms with Crippen molar-refractivity contribution in [3.8, 4) is 17.4 Å². The van der Waals surface area contributed by atoms with Crippen LogP contribution in [0.25, 0.3) is 11.3 Å². The van der Waals surface area contributed by atoms with E-state index < -0.39 is 0 Å². The fourth-order valence-electron chi connectivity index (χ4n) is 2.39. The van der Waals surface area contributed by atoms with Crippen LogP contribution in [0.5, 0.6) is 0 Å². The van der Waals surface area contributed by atoms with Gasteiger partial charge in [-0.3, -0.25) is 0 Å². The van der Waals surface area contributed by atoms with Gasteiger partial charge in [0, 0.05) is 24.2 Å². The Morgan fingerprint density at radius 2 is 1.96 bits per heavy atom. The average molecular weight is 303 g/mol. The maximum absolute atomic E-state index is 8.97. The zero-order valence-electron chi connectivity index (χ0n) is 12.9. The van der Waals surface area contributed by atoms with Crippen LogP contribution in [0.1, 0.15) is 29.8 Å². The Hall–Kier alpha value is -2.90. The zero-order chi connectivity index (χ0) is 16.1. The Balaban J connectivity index is 1.64. The molecule has 1 heterocycles. The molecule has 0 saturated carbocycles. The molecule has 4 heteroatoms. The van der Waals surface area contributed by atoms with Crippen LogP contribution in [0.15, 0.2) is 65.2 Å². The molecule has 2 aromatic carbocycles. The summed E-state index contributed by atoms with van der Waals surface area (Å²) in [5.41, 5.74) is 3.62. The molecule has 1 N–H and O–H groups in total. The minimum absolute atomic E-state index is 0.125. The molecule has 0 spiro atoms. The second-order valence-corrected chi connectivity index (χ2v) is 5.39. The lowest BCUT2D eigenvalue weighted by Crippen LogP contribution is -2.18. The van der Waals surface area contributed by atoms with Crippen molar-refractivity contribution < 1.29 is 4.52 Å². The molecule has 114 valence electrons. The van der Waals surface area contributed by atoms with Gasteiger partial charge in [0.05, 0.1) is 17.3 Å². The van der Waals surface area contributed by atoms with Crippen LogP contribution >= 0.6 is 0 Å². The van der Waals surface area contributed by atoms with Gasteiger partial charge in [0.25, 0.3) is 0 Å². The van der Waals surface area contributed by atoms with E-state index in [1.54, 1.807) is 6.07 Å². The van der Waals surface area contributed by atoms with Crippen LogP contribution in [0.3, 0.4) is 0 Å². The summed E-state index contributed by atoms with van der Waals surface area (Å²) in [7, 11) is 0. The fraction of sp³-hybridized carbons (Fsp3) is 0.158. The molecule has 0 fully saturated rings. The molecule has 23 heavy (non-hydrogen) atoms. The number of benzene rings is 2. The number of nitriles is 1. The fourth-order valence-corrected chi connectivity index (χ4v) is 2.39. The van der Waals surface area contributed by atoms with E-state index in [-0.39, 0.29) is 6.04 Å². The van der Waals surface area contributed by atoms with Gasteiger partial charge in [-0.15, -0.1) is 0 Å². The molecule has 0 aliphatic rings. The van der Waals surface area contributed by atoms with Crippen LogP contribution in [-0.4, -0.2) is 5.16 Å². The zero-order valence-corrected chi connectivity index (χ0v) is 12.9. The summed E-state index contributed by atoms with van der Waals surface area (Å²) in [6, 6.07) is 21.7. The van der Waals surface area contributed by atoms with Crippen molar-refractivity contribution in [1.29, 1.82) is 5.26 Å². The maximum atomic E-state index is 8.97. The van der Waals surface area contributed by atoms with E-state index in [0.29, 0.717) is 12.1 Å². The lowest BCUT2D eigenvalue weighted by molar-refractivity contribution is 0.417. The monoisotopic (exact) mass is 303 g/mol. The lowest BCUT2D eigenvalue weighted by atomic mass is 10.1. The first-order chi connectivity index (χ1) is 11.3. The van der Waals surface area contributed by atoms with Crippen molar-refractivity contribution in [2.24, 2.45) is 0 Å². The minimum atomic E-state index is 0.125. The molecular weight excluding hydrogens is 286 g/mol. The molecule has 3 aromatic rings. The predicted molar refractivity (Wildman–Crippen MR) is 88.4 cm³/mol. The Kier molecular flexibility index (Phi) is 4.51. The standard InChI is InChI=1S/C19H17N3O/c1-14(17-9-5-6-15(10-17)12-20)21-13-18-11-19(23-22-18)16-7-3-2-4-8-16/h2-11,14,21H,13H2,1H3/t14-/m0/s1. The highest BCUT2D eigenvalue weighted by Crippen LogP contribution is 2.20. The average Bonchev–Trinajstić information content (AvgIpc) is 3.09.